The molecule has 130 valence electrons. The Morgan fingerprint density at radius 3 is 2.64 bits per heavy atom. The number of nitrogens with zero attached hydrogens (tertiary/aromatic N) is 1. The molecule has 2 aromatic rings. The maximum absolute atomic E-state index is 14.7. The van der Waals surface area contributed by atoms with Crippen LogP contribution < -0.4 is 4.74 Å². The third-order valence-corrected chi connectivity index (χ3v) is 3.78. The average molecular weight is 384 g/mol. The molecular formula is C17H12Cl2FNO4. The standard InChI is InChI=1S/C17H12Cl2FNO4/c1-3-24-17(23)25-16-11(5-10(18)6-12(16)19)13-9(7-21)4-8(2)15(22)14(13)20/h4-6,22H,3H2,1-2H3. The first-order valence-corrected chi connectivity index (χ1v) is 7.81. The molecule has 0 bridgehead atoms. The second-order valence-corrected chi connectivity index (χ2v) is 5.78. The van der Waals surface area contributed by atoms with Gasteiger partial charge in [0.25, 0.3) is 0 Å². The van der Waals surface area contributed by atoms with Gasteiger partial charge in [0.1, 0.15) is 0 Å². The van der Waals surface area contributed by atoms with Crippen LogP contribution in [-0.4, -0.2) is 17.9 Å². The molecule has 0 fully saturated rings. The minimum atomic E-state index is -1.05. The number of phenolic OH excluding ortho intramolecular Hbond substituents is 1. The molecule has 0 saturated carbocycles. The summed E-state index contributed by atoms with van der Waals surface area (Å²) in [6.45, 7) is 3.09. The Morgan fingerprint density at radius 1 is 1.36 bits per heavy atom. The van der Waals surface area contributed by atoms with Crippen molar-refractivity contribution in [3.63, 3.8) is 0 Å². The van der Waals surface area contributed by atoms with E-state index in [0.29, 0.717) is 0 Å². The smallest absolute Gasteiger partial charge is 0.505 e. The van der Waals surface area contributed by atoms with Gasteiger partial charge in [0.2, 0.25) is 0 Å². The predicted molar refractivity (Wildman–Crippen MR) is 90.6 cm³/mol. The molecule has 0 radical (unpaired) electrons. The highest BCUT2D eigenvalue weighted by Crippen LogP contribution is 2.43. The lowest BCUT2D eigenvalue weighted by atomic mass is 9.96. The Labute approximate surface area is 153 Å². The number of carbonyl (C=O) groups is 1. The van der Waals surface area contributed by atoms with Gasteiger partial charge >= 0.3 is 6.16 Å². The normalized spacial score (nSPS) is 10.2. The van der Waals surface area contributed by atoms with E-state index in [9.17, 15) is 19.6 Å². The van der Waals surface area contributed by atoms with Crippen molar-refractivity contribution in [2.75, 3.05) is 6.61 Å². The van der Waals surface area contributed by atoms with E-state index in [1.54, 1.807) is 6.92 Å². The highest BCUT2D eigenvalue weighted by Gasteiger charge is 2.24. The zero-order chi connectivity index (χ0) is 18.7. The van der Waals surface area contributed by atoms with Gasteiger partial charge in [-0.1, -0.05) is 23.2 Å². The van der Waals surface area contributed by atoms with E-state index in [2.05, 4.69) is 0 Å². The Hall–Kier alpha value is -2.49. The molecule has 2 aromatic carbocycles. The van der Waals surface area contributed by atoms with Gasteiger partial charge in [-0.25, -0.2) is 9.18 Å². The monoisotopic (exact) mass is 383 g/mol. The molecule has 25 heavy (non-hydrogen) atoms. The Bertz CT molecular complexity index is 893. The number of rotatable bonds is 3. The first-order chi connectivity index (χ1) is 11.8. The maximum atomic E-state index is 14.7. The second kappa shape index (κ2) is 7.60. The third-order valence-electron chi connectivity index (χ3n) is 3.28. The molecule has 0 aliphatic heterocycles. The quantitative estimate of drug-likeness (QED) is 0.580. The van der Waals surface area contributed by atoms with Gasteiger partial charge < -0.3 is 14.6 Å². The molecule has 0 aliphatic carbocycles. The molecule has 0 spiro atoms. The Morgan fingerprint density at radius 2 is 2.04 bits per heavy atom. The molecule has 5 nitrogen and oxygen atoms in total. The van der Waals surface area contributed by atoms with Crippen LogP contribution in [0.15, 0.2) is 18.2 Å². The summed E-state index contributed by atoms with van der Waals surface area (Å²) in [6, 6.07) is 5.71. The SMILES string of the molecule is CCOC(=O)Oc1c(Cl)cc(Cl)cc1-c1c(C#N)cc(C)c(O)c1F. The number of benzene rings is 2. The number of ether oxygens (including phenoxy) is 2. The lowest BCUT2D eigenvalue weighted by Crippen LogP contribution is -2.11. The topological polar surface area (TPSA) is 79.5 Å². The summed E-state index contributed by atoms with van der Waals surface area (Å²) in [5.41, 5.74) is -0.247. The predicted octanol–water partition coefficient (Wildman–Crippen LogP) is 5.22. The number of halogens is 3. The van der Waals surface area contributed by atoms with Gasteiger partial charge in [-0.3, -0.25) is 0 Å². The first-order valence-electron chi connectivity index (χ1n) is 7.06. The highest BCUT2D eigenvalue weighted by atomic mass is 35.5. The van der Waals surface area contributed by atoms with Gasteiger partial charge in [0, 0.05) is 16.1 Å². The van der Waals surface area contributed by atoms with Crippen LogP contribution in [-0.2, 0) is 4.74 Å². The fraction of sp³-hybridized carbons (Fsp3) is 0.176. The number of aryl methyl sites for hydroxylation is 1. The van der Waals surface area contributed by atoms with Crippen LogP contribution in [0.1, 0.15) is 18.1 Å². The fourth-order valence-corrected chi connectivity index (χ4v) is 2.73. The van der Waals surface area contributed by atoms with E-state index in [0.717, 1.165) is 0 Å². The Kier molecular flexibility index (Phi) is 5.73. The summed E-state index contributed by atoms with van der Waals surface area (Å²) in [5, 5.41) is 19.2. The summed E-state index contributed by atoms with van der Waals surface area (Å²) in [4.78, 5) is 11.6. The van der Waals surface area contributed by atoms with Crippen LogP contribution in [0.25, 0.3) is 11.1 Å². The molecule has 0 amide bonds. The third kappa shape index (κ3) is 3.78. The molecule has 0 atom stereocenters. The van der Waals surface area contributed by atoms with Gasteiger partial charge in [-0.2, -0.15) is 5.26 Å². The summed E-state index contributed by atoms with van der Waals surface area (Å²) in [5.74, 6) is -1.92. The number of phenols is 1. The van der Waals surface area contributed by atoms with Crippen LogP contribution in [0, 0.1) is 24.1 Å². The van der Waals surface area contributed by atoms with Crippen molar-refractivity contribution in [3.8, 4) is 28.7 Å². The minimum absolute atomic E-state index is 0.0580. The summed E-state index contributed by atoms with van der Waals surface area (Å²) in [6.07, 6.45) is -1.05. The largest absolute Gasteiger partial charge is 0.513 e. The van der Waals surface area contributed by atoms with Gasteiger partial charge in [0.15, 0.2) is 17.3 Å². The van der Waals surface area contributed by atoms with Gasteiger partial charge in [-0.15, -0.1) is 0 Å². The molecule has 1 N–H and O–H groups in total. The van der Waals surface area contributed by atoms with E-state index < -0.39 is 17.7 Å². The Balaban J connectivity index is 2.78. The second-order valence-electron chi connectivity index (χ2n) is 4.94. The van der Waals surface area contributed by atoms with Crippen LogP contribution in [0.3, 0.4) is 0 Å². The van der Waals surface area contributed by atoms with Crippen molar-refractivity contribution in [1.29, 1.82) is 5.26 Å². The molecule has 0 saturated heterocycles. The van der Waals surface area contributed by atoms with E-state index in [4.69, 9.17) is 32.7 Å². The van der Waals surface area contributed by atoms with E-state index in [-0.39, 0.29) is 44.7 Å². The summed E-state index contributed by atoms with van der Waals surface area (Å²) >= 11 is 12.0. The molecule has 0 unspecified atom stereocenters. The van der Waals surface area contributed by atoms with Gasteiger partial charge in [-0.05, 0) is 37.6 Å². The molecular weight excluding hydrogens is 372 g/mol. The average Bonchev–Trinajstić information content (AvgIpc) is 2.55. The number of aromatic hydroxyl groups is 1. The van der Waals surface area contributed by atoms with Crippen LogP contribution in [0.4, 0.5) is 9.18 Å². The van der Waals surface area contributed by atoms with Gasteiger partial charge in [0.05, 0.1) is 23.3 Å². The maximum Gasteiger partial charge on any atom is 0.513 e. The molecule has 2 rings (SSSR count). The molecule has 0 aromatic heterocycles. The van der Waals surface area contributed by atoms with Crippen LogP contribution in [0.2, 0.25) is 10.0 Å². The number of hydrogen-bond donors (Lipinski definition) is 1. The molecule has 8 heteroatoms. The number of nitriles is 1. The zero-order valence-corrected chi connectivity index (χ0v) is 14.7. The lowest BCUT2D eigenvalue weighted by molar-refractivity contribution is 0.104. The van der Waals surface area contributed by atoms with Crippen molar-refractivity contribution < 1.29 is 23.8 Å². The van der Waals surface area contributed by atoms with Crippen molar-refractivity contribution >= 4 is 29.4 Å². The number of hydrogen-bond acceptors (Lipinski definition) is 5. The van der Waals surface area contributed by atoms with Crippen molar-refractivity contribution in [2.45, 2.75) is 13.8 Å². The van der Waals surface area contributed by atoms with Crippen molar-refractivity contribution in [2.24, 2.45) is 0 Å². The zero-order valence-electron chi connectivity index (χ0n) is 13.2. The van der Waals surface area contributed by atoms with Crippen LogP contribution in [0.5, 0.6) is 11.5 Å². The lowest BCUT2D eigenvalue weighted by Gasteiger charge is -2.15. The summed E-state index contributed by atoms with van der Waals surface area (Å²) in [7, 11) is 0. The minimum Gasteiger partial charge on any atom is -0.505 e. The molecule has 0 heterocycles. The van der Waals surface area contributed by atoms with E-state index in [1.165, 1.54) is 25.1 Å². The van der Waals surface area contributed by atoms with Crippen LogP contribution >= 0.6 is 23.2 Å². The van der Waals surface area contributed by atoms with Crippen molar-refractivity contribution in [3.05, 3.63) is 45.2 Å². The first kappa shape index (κ1) is 18.8. The van der Waals surface area contributed by atoms with E-state index >= 15 is 0 Å². The molecule has 0 aliphatic rings. The summed E-state index contributed by atoms with van der Waals surface area (Å²) < 4.78 is 24.4. The fourth-order valence-electron chi connectivity index (χ4n) is 2.20. The van der Waals surface area contributed by atoms with Crippen molar-refractivity contribution in [1.82, 2.24) is 0 Å². The highest BCUT2D eigenvalue weighted by molar-refractivity contribution is 6.36. The van der Waals surface area contributed by atoms with E-state index in [1.807, 2.05) is 6.07 Å². The number of carbonyl (C=O) groups excluding carboxylic acids is 1.